The molecule has 0 fully saturated rings. The number of hydrogen-bond acceptors (Lipinski definition) is 3. The zero-order valence-corrected chi connectivity index (χ0v) is 10.2. The Balaban J connectivity index is 2.12. The van der Waals surface area contributed by atoms with Crippen molar-refractivity contribution in [1.29, 1.82) is 0 Å². The number of hydrogen-bond donors (Lipinski definition) is 3. The molecule has 3 aromatic rings. The van der Waals surface area contributed by atoms with Crippen molar-refractivity contribution in [3.05, 3.63) is 47.7 Å². The average Bonchev–Trinajstić information content (AvgIpc) is 2.92. The lowest BCUT2D eigenvalue weighted by atomic mass is 10.1. The molecule has 19 heavy (non-hydrogen) atoms. The molecule has 0 saturated heterocycles. The van der Waals surface area contributed by atoms with Crippen LogP contribution in [0.4, 0.5) is 11.7 Å². The van der Waals surface area contributed by atoms with Gasteiger partial charge in [-0.25, -0.2) is 4.79 Å². The molecule has 0 radical (unpaired) electrons. The Hall–Kier alpha value is -2.69. The third-order valence-electron chi connectivity index (χ3n) is 2.91. The minimum atomic E-state index is -0.983. The van der Waals surface area contributed by atoms with E-state index in [0.29, 0.717) is 17.1 Å². The molecule has 96 valence electrons. The number of aromatic nitrogens is 1. The van der Waals surface area contributed by atoms with Crippen LogP contribution in [0.5, 0.6) is 0 Å². The van der Waals surface area contributed by atoms with E-state index in [1.54, 1.807) is 12.1 Å². The number of furan rings is 1. The Labute approximate surface area is 108 Å². The highest BCUT2D eigenvalue weighted by molar-refractivity contribution is 6.08. The van der Waals surface area contributed by atoms with Gasteiger partial charge in [-0.15, -0.1) is 0 Å². The summed E-state index contributed by atoms with van der Waals surface area (Å²) in [4.78, 5) is 14.5. The second-order valence-electron chi connectivity index (χ2n) is 4.26. The molecule has 0 aliphatic rings. The van der Waals surface area contributed by atoms with Gasteiger partial charge in [-0.1, -0.05) is 18.2 Å². The van der Waals surface area contributed by atoms with Crippen molar-refractivity contribution < 1.29 is 14.3 Å². The van der Waals surface area contributed by atoms with Gasteiger partial charge in [0.15, 0.2) is 5.88 Å². The van der Waals surface area contributed by atoms with Crippen LogP contribution in [0.3, 0.4) is 0 Å². The lowest BCUT2D eigenvalue weighted by molar-refractivity contribution is 0.0700. The second kappa shape index (κ2) is 4.20. The normalized spacial score (nSPS) is 10.8. The summed E-state index contributed by atoms with van der Waals surface area (Å²) in [6, 6.07) is 10.8. The minimum Gasteiger partial charge on any atom is -0.478 e. The van der Waals surface area contributed by atoms with Crippen molar-refractivity contribution in [1.82, 2.24) is 4.98 Å². The van der Waals surface area contributed by atoms with Crippen LogP contribution in [0.2, 0.25) is 0 Å². The zero-order valence-electron chi connectivity index (χ0n) is 10.2. The molecule has 0 amide bonds. The number of carbonyl (C=O) groups is 1. The molecule has 0 spiro atoms. The molecule has 3 N–H and O–H groups in total. The summed E-state index contributed by atoms with van der Waals surface area (Å²) in [5.41, 5.74) is 0.982. The number of aromatic carboxylic acids is 1. The van der Waals surface area contributed by atoms with Crippen molar-refractivity contribution in [2.24, 2.45) is 0 Å². The summed E-state index contributed by atoms with van der Waals surface area (Å²) in [6.07, 6.45) is 0. The van der Waals surface area contributed by atoms with E-state index >= 15 is 0 Å². The number of aryl methyl sites for hydroxylation is 1. The molecular formula is C14H12N2O3. The van der Waals surface area contributed by atoms with Gasteiger partial charge in [0.2, 0.25) is 0 Å². The minimum absolute atomic E-state index is 0.213. The van der Waals surface area contributed by atoms with Gasteiger partial charge in [0.25, 0.3) is 0 Å². The van der Waals surface area contributed by atoms with Crippen LogP contribution in [0.15, 0.2) is 40.8 Å². The van der Waals surface area contributed by atoms with E-state index in [1.165, 1.54) is 0 Å². The maximum absolute atomic E-state index is 11.4. The molecular weight excluding hydrogens is 244 g/mol. The zero-order chi connectivity index (χ0) is 13.4. The molecule has 0 saturated carbocycles. The quantitative estimate of drug-likeness (QED) is 0.670. The number of carboxylic acid groups (broad SMARTS) is 1. The van der Waals surface area contributed by atoms with Crippen LogP contribution < -0.4 is 5.32 Å². The van der Waals surface area contributed by atoms with Crippen LogP contribution in [0, 0.1) is 6.92 Å². The molecule has 0 aliphatic heterocycles. The summed E-state index contributed by atoms with van der Waals surface area (Å²) in [7, 11) is 0. The summed E-state index contributed by atoms with van der Waals surface area (Å²) >= 11 is 0. The fourth-order valence-corrected chi connectivity index (χ4v) is 2.08. The van der Waals surface area contributed by atoms with E-state index in [4.69, 9.17) is 4.42 Å². The molecule has 0 bridgehead atoms. The van der Waals surface area contributed by atoms with Gasteiger partial charge in [-0.05, 0) is 19.1 Å². The molecule has 5 heteroatoms. The molecule has 1 aromatic carbocycles. The summed E-state index contributed by atoms with van der Waals surface area (Å²) in [5, 5.41) is 13.0. The van der Waals surface area contributed by atoms with E-state index in [-0.39, 0.29) is 5.56 Å². The maximum Gasteiger partial charge on any atom is 0.340 e. The number of anilines is 2. The average molecular weight is 256 g/mol. The monoisotopic (exact) mass is 256 g/mol. The lowest BCUT2D eigenvalue weighted by Crippen LogP contribution is -2.00. The van der Waals surface area contributed by atoms with Crippen molar-refractivity contribution in [2.75, 3.05) is 5.32 Å². The molecule has 2 heterocycles. The standard InChI is InChI=1S/C14H12N2O3/c1-8-6-7-11(19-8)16-13-12(14(17)18)9-4-2-3-5-10(9)15-13/h2-7,15-16H,1H3,(H,17,18). The van der Waals surface area contributed by atoms with Gasteiger partial charge in [0, 0.05) is 17.0 Å². The first kappa shape index (κ1) is 11.4. The Morgan fingerprint density at radius 2 is 2.05 bits per heavy atom. The van der Waals surface area contributed by atoms with Crippen molar-refractivity contribution in [2.45, 2.75) is 6.92 Å². The van der Waals surface area contributed by atoms with Crippen molar-refractivity contribution in [3.63, 3.8) is 0 Å². The van der Waals surface area contributed by atoms with Gasteiger partial charge < -0.3 is 19.8 Å². The largest absolute Gasteiger partial charge is 0.478 e. The number of fused-ring (bicyclic) bond motifs is 1. The van der Waals surface area contributed by atoms with Crippen molar-refractivity contribution in [3.8, 4) is 0 Å². The van der Waals surface area contributed by atoms with Crippen molar-refractivity contribution >= 4 is 28.6 Å². The highest BCUT2D eigenvalue weighted by atomic mass is 16.4. The Kier molecular flexibility index (Phi) is 2.52. The summed E-state index contributed by atoms with van der Waals surface area (Å²) < 4.78 is 5.39. The van der Waals surface area contributed by atoms with E-state index < -0.39 is 5.97 Å². The third kappa shape index (κ3) is 1.95. The van der Waals surface area contributed by atoms with E-state index in [9.17, 15) is 9.90 Å². The summed E-state index contributed by atoms with van der Waals surface area (Å²) in [6.45, 7) is 1.83. The molecule has 0 unspecified atom stereocenters. The highest BCUT2D eigenvalue weighted by Gasteiger charge is 2.18. The maximum atomic E-state index is 11.4. The van der Waals surface area contributed by atoms with Gasteiger partial charge in [0.1, 0.15) is 17.1 Å². The Bertz CT molecular complexity index is 755. The van der Waals surface area contributed by atoms with Gasteiger partial charge >= 0.3 is 5.97 Å². The SMILES string of the molecule is Cc1ccc(Nc2[nH]c3ccccc3c2C(=O)O)o1. The molecule has 5 nitrogen and oxygen atoms in total. The predicted octanol–water partition coefficient (Wildman–Crippen LogP) is 3.51. The van der Waals surface area contributed by atoms with Crippen LogP contribution in [0.1, 0.15) is 16.1 Å². The van der Waals surface area contributed by atoms with Crippen LogP contribution >= 0.6 is 0 Å². The van der Waals surface area contributed by atoms with Gasteiger partial charge in [-0.3, -0.25) is 0 Å². The summed E-state index contributed by atoms with van der Waals surface area (Å²) in [5.74, 6) is 0.702. The number of aromatic amines is 1. The number of carboxylic acids is 1. The lowest BCUT2D eigenvalue weighted by Gasteiger charge is -2.01. The van der Waals surface area contributed by atoms with Crippen LogP contribution in [0.25, 0.3) is 10.9 Å². The number of rotatable bonds is 3. The van der Waals surface area contributed by atoms with Crippen LogP contribution in [-0.4, -0.2) is 16.1 Å². The second-order valence-corrected chi connectivity index (χ2v) is 4.26. The first-order chi connectivity index (χ1) is 9.15. The smallest absolute Gasteiger partial charge is 0.340 e. The number of para-hydroxylation sites is 1. The number of nitrogens with one attached hydrogen (secondary N) is 2. The van der Waals surface area contributed by atoms with E-state index in [1.807, 2.05) is 31.2 Å². The van der Waals surface area contributed by atoms with E-state index in [2.05, 4.69) is 10.3 Å². The Morgan fingerprint density at radius 3 is 2.74 bits per heavy atom. The molecule has 0 aliphatic carbocycles. The van der Waals surface area contributed by atoms with Gasteiger partial charge in [0.05, 0.1) is 0 Å². The number of benzene rings is 1. The molecule has 3 rings (SSSR count). The topological polar surface area (TPSA) is 78.3 Å². The molecule has 2 aromatic heterocycles. The first-order valence-corrected chi connectivity index (χ1v) is 5.82. The van der Waals surface area contributed by atoms with Gasteiger partial charge in [-0.2, -0.15) is 0 Å². The highest BCUT2D eigenvalue weighted by Crippen LogP contribution is 2.29. The predicted molar refractivity (Wildman–Crippen MR) is 72.0 cm³/mol. The fourth-order valence-electron chi connectivity index (χ4n) is 2.08. The third-order valence-corrected chi connectivity index (χ3v) is 2.91. The van der Waals surface area contributed by atoms with Crippen LogP contribution in [-0.2, 0) is 0 Å². The fraction of sp³-hybridized carbons (Fsp3) is 0.0714. The number of H-pyrrole nitrogens is 1. The first-order valence-electron chi connectivity index (χ1n) is 5.82. The Morgan fingerprint density at radius 1 is 1.26 bits per heavy atom. The van der Waals surface area contributed by atoms with E-state index in [0.717, 1.165) is 11.3 Å². The molecule has 0 atom stereocenters.